The Labute approximate surface area is 162 Å². The molecule has 2 fully saturated rings. The number of amides is 2. The first-order chi connectivity index (χ1) is 12.9. The SMILES string of the molecule is CC(=O)N(CCN1CCOCC1)C1CCN(C(=O)c2cc(C)cc(C)c2)C1. The van der Waals surface area contributed by atoms with Crippen LogP contribution in [0, 0.1) is 13.8 Å². The van der Waals surface area contributed by atoms with Gasteiger partial charge in [-0.3, -0.25) is 14.5 Å². The van der Waals surface area contributed by atoms with Gasteiger partial charge in [-0.05, 0) is 32.4 Å². The van der Waals surface area contributed by atoms with Crippen molar-refractivity contribution in [2.45, 2.75) is 33.2 Å². The fraction of sp³-hybridized carbons (Fsp3) is 0.619. The number of ether oxygens (including phenoxy) is 1. The molecule has 0 N–H and O–H groups in total. The van der Waals surface area contributed by atoms with Crippen LogP contribution in [0.15, 0.2) is 18.2 Å². The number of carbonyl (C=O) groups excluding carboxylic acids is 2. The van der Waals surface area contributed by atoms with E-state index in [0.717, 1.165) is 56.0 Å². The molecule has 0 aliphatic carbocycles. The Hall–Kier alpha value is -1.92. The molecule has 2 saturated heterocycles. The lowest BCUT2D eigenvalue weighted by Gasteiger charge is -2.32. The third-order valence-electron chi connectivity index (χ3n) is 5.53. The molecule has 0 spiro atoms. The smallest absolute Gasteiger partial charge is 0.253 e. The van der Waals surface area contributed by atoms with E-state index in [1.165, 1.54) is 0 Å². The van der Waals surface area contributed by atoms with Gasteiger partial charge in [0.2, 0.25) is 5.91 Å². The summed E-state index contributed by atoms with van der Waals surface area (Å²) in [6.45, 7) is 11.9. The van der Waals surface area contributed by atoms with Gasteiger partial charge in [-0.2, -0.15) is 0 Å². The van der Waals surface area contributed by atoms with E-state index in [1.807, 2.05) is 35.8 Å². The van der Waals surface area contributed by atoms with E-state index in [9.17, 15) is 9.59 Å². The molecule has 2 amide bonds. The average molecular weight is 373 g/mol. The molecule has 6 heteroatoms. The van der Waals surface area contributed by atoms with Crippen LogP contribution >= 0.6 is 0 Å². The van der Waals surface area contributed by atoms with Gasteiger partial charge in [0.05, 0.1) is 19.3 Å². The Morgan fingerprint density at radius 3 is 2.41 bits per heavy atom. The number of hydrogen-bond donors (Lipinski definition) is 0. The summed E-state index contributed by atoms with van der Waals surface area (Å²) < 4.78 is 5.39. The largest absolute Gasteiger partial charge is 0.379 e. The van der Waals surface area contributed by atoms with Gasteiger partial charge in [0.25, 0.3) is 5.91 Å². The zero-order chi connectivity index (χ0) is 19.4. The molecule has 3 rings (SSSR count). The second kappa shape index (κ2) is 8.85. The predicted molar refractivity (Wildman–Crippen MR) is 105 cm³/mol. The molecule has 0 radical (unpaired) electrons. The predicted octanol–water partition coefficient (Wildman–Crippen LogP) is 1.70. The van der Waals surface area contributed by atoms with Gasteiger partial charge in [0, 0.05) is 51.8 Å². The van der Waals surface area contributed by atoms with E-state index in [0.29, 0.717) is 19.6 Å². The van der Waals surface area contributed by atoms with Crippen molar-refractivity contribution in [2.75, 3.05) is 52.5 Å². The van der Waals surface area contributed by atoms with Crippen molar-refractivity contribution < 1.29 is 14.3 Å². The molecular formula is C21H31N3O3. The van der Waals surface area contributed by atoms with Gasteiger partial charge >= 0.3 is 0 Å². The lowest BCUT2D eigenvalue weighted by Crippen LogP contribution is -2.47. The Kier molecular flexibility index (Phi) is 6.50. The van der Waals surface area contributed by atoms with E-state index in [1.54, 1.807) is 6.92 Å². The molecule has 1 unspecified atom stereocenters. The zero-order valence-electron chi connectivity index (χ0n) is 16.7. The lowest BCUT2D eigenvalue weighted by atomic mass is 10.1. The molecule has 0 bridgehead atoms. The van der Waals surface area contributed by atoms with Gasteiger partial charge in [-0.15, -0.1) is 0 Å². The molecule has 0 aromatic heterocycles. The monoisotopic (exact) mass is 373 g/mol. The minimum absolute atomic E-state index is 0.0704. The second-order valence-electron chi connectivity index (χ2n) is 7.74. The highest BCUT2D eigenvalue weighted by molar-refractivity contribution is 5.95. The fourth-order valence-corrected chi connectivity index (χ4v) is 4.13. The van der Waals surface area contributed by atoms with E-state index in [-0.39, 0.29) is 17.9 Å². The van der Waals surface area contributed by atoms with Crippen molar-refractivity contribution in [3.63, 3.8) is 0 Å². The lowest BCUT2D eigenvalue weighted by molar-refractivity contribution is -0.131. The summed E-state index contributed by atoms with van der Waals surface area (Å²) in [5, 5.41) is 0. The van der Waals surface area contributed by atoms with E-state index in [4.69, 9.17) is 4.74 Å². The number of morpholine rings is 1. The van der Waals surface area contributed by atoms with E-state index in [2.05, 4.69) is 11.0 Å². The molecule has 0 saturated carbocycles. The molecule has 2 heterocycles. The van der Waals surface area contributed by atoms with Gasteiger partial charge in [-0.1, -0.05) is 17.2 Å². The Morgan fingerprint density at radius 1 is 1.11 bits per heavy atom. The maximum Gasteiger partial charge on any atom is 0.253 e. The summed E-state index contributed by atoms with van der Waals surface area (Å²) >= 11 is 0. The van der Waals surface area contributed by atoms with Crippen molar-refractivity contribution in [1.82, 2.24) is 14.7 Å². The number of nitrogens with zero attached hydrogens (tertiary/aromatic N) is 3. The third-order valence-corrected chi connectivity index (χ3v) is 5.53. The first kappa shape index (κ1) is 19.8. The highest BCUT2D eigenvalue weighted by Crippen LogP contribution is 2.20. The number of hydrogen-bond acceptors (Lipinski definition) is 4. The molecule has 148 valence electrons. The highest BCUT2D eigenvalue weighted by atomic mass is 16.5. The summed E-state index contributed by atoms with van der Waals surface area (Å²) in [5.41, 5.74) is 2.95. The Morgan fingerprint density at radius 2 is 1.78 bits per heavy atom. The molecule has 1 atom stereocenters. The number of aryl methyl sites for hydroxylation is 2. The third kappa shape index (κ3) is 5.08. The van der Waals surface area contributed by atoms with Gasteiger partial charge < -0.3 is 14.5 Å². The molecule has 1 aromatic rings. The molecule has 1 aromatic carbocycles. The summed E-state index contributed by atoms with van der Waals surface area (Å²) in [4.78, 5) is 31.3. The molecule has 27 heavy (non-hydrogen) atoms. The van der Waals surface area contributed by atoms with Crippen molar-refractivity contribution in [3.05, 3.63) is 34.9 Å². The van der Waals surface area contributed by atoms with Crippen LogP contribution in [-0.2, 0) is 9.53 Å². The van der Waals surface area contributed by atoms with Gasteiger partial charge in [0.15, 0.2) is 0 Å². The van der Waals surface area contributed by atoms with E-state index >= 15 is 0 Å². The summed E-state index contributed by atoms with van der Waals surface area (Å²) in [5.74, 6) is 0.162. The van der Waals surface area contributed by atoms with Crippen LogP contribution in [0.1, 0.15) is 34.8 Å². The van der Waals surface area contributed by atoms with Crippen LogP contribution in [0.2, 0.25) is 0 Å². The first-order valence-electron chi connectivity index (χ1n) is 9.89. The van der Waals surface area contributed by atoms with Crippen molar-refractivity contribution in [1.29, 1.82) is 0 Å². The Bertz CT molecular complexity index is 665. The van der Waals surface area contributed by atoms with Crippen LogP contribution in [0.3, 0.4) is 0 Å². The van der Waals surface area contributed by atoms with Crippen LogP contribution in [-0.4, -0.2) is 85.0 Å². The highest BCUT2D eigenvalue weighted by Gasteiger charge is 2.32. The van der Waals surface area contributed by atoms with Crippen molar-refractivity contribution in [3.8, 4) is 0 Å². The number of likely N-dealkylation sites (tertiary alicyclic amines) is 1. The molecular weight excluding hydrogens is 342 g/mol. The maximum absolute atomic E-state index is 12.9. The van der Waals surface area contributed by atoms with Crippen LogP contribution in [0.25, 0.3) is 0 Å². The molecule has 6 nitrogen and oxygen atoms in total. The molecule has 2 aliphatic heterocycles. The van der Waals surface area contributed by atoms with E-state index < -0.39 is 0 Å². The van der Waals surface area contributed by atoms with Crippen LogP contribution < -0.4 is 0 Å². The first-order valence-corrected chi connectivity index (χ1v) is 9.89. The van der Waals surface area contributed by atoms with Crippen molar-refractivity contribution >= 4 is 11.8 Å². The van der Waals surface area contributed by atoms with Crippen LogP contribution in [0.4, 0.5) is 0 Å². The average Bonchev–Trinajstić information content (AvgIpc) is 3.10. The minimum atomic E-state index is 0.0704. The number of benzene rings is 1. The maximum atomic E-state index is 12.9. The van der Waals surface area contributed by atoms with Gasteiger partial charge in [-0.25, -0.2) is 0 Å². The standard InChI is InChI=1S/C21H31N3O3/c1-16-12-17(2)14-19(13-16)21(26)23-5-4-20(15-23)24(18(3)25)7-6-22-8-10-27-11-9-22/h12-14,20H,4-11,15H2,1-3H3. The Balaban J connectivity index is 1.60. The van der Waals surface area contributed by atoms with Crippen LogP contribution in [0.5, 0.6) is 0 Å². The van der Waals surface area contributed by atoms with Crippen molar-refractivity contribution in [2.24, 2.45) is 0 Å². The second-order valence-corrected chi connectivity index (χ2v) is 7.74. The number of carbonyl (C=O) groups is 2. The summed E-state index contributed by atoms with van der Waals surface area (Å²) in [6, 6.07) is 6.08. The molecule has 2 aliphatic rings. The summed E-state index contributed by atoms with van der Waals surface area (Å²) in [6.07, 6.45) is 0.846. The fourth-order valence-electron chi connectivity index (χ4n) is 4.13. The zero-order valence-corrected chi connectivity index (χ0v) is 16.7. The topological polar surface area (TPSA) is 53.1 Å². The quantitative estimate of drug-likeness (QED) is 0.788. The minimum Gasteiger partial charge on any atom is -0.379 e. The summed E-state index contributed by atoms with van der Waals surface area (Å²) in [7, 11) is 0. The number of rotatable bonds is 5. The van der Waals surface area contributed by atoms with Gasteiger partial charge in [0.1, 0.15) is 0 Å². The normalized spacial score (nSPS) is 20.7.